The second-order valence-corrected chi connectivity index (χ2v) is 2.90. The molecule has 1 heterocycles. The van der Waals surface area contributed by atoms with Crippen LogP contribution in [-0.4, -0.2) is 39.4 Å². The van der Waals surface area contributed by atoms with Crippen LogP contribution in [-0.2, 0) is 4.79 Å². The van der Waals surface area contributed by atoms with E-state index in [0.29, 0.717) is 0 Å². The minimum Gasteiger partial charge on any atom is -0.310 e. The minimum absolute atomic E-state index is 0.502. The number of nitro groups is 2. The zero-order chi connectivity index (χ0) is 10.9. The van der Waals surface area contributed by atoms with Crippen molar-refractivity contribution in [3.05, 3.63) is 32.9 Å². The first-order valence-electron chi connectivity index (χ1n) is 3.64. The summed E-state index contributed by atoms with van der Waals surface area (Å²) in [5.74, 6) is -0.538. The van der Waals surface area contributed by atoms with E-state index in [1.807, 2.05) is 0 Å². The first-order chi connectivity index (χ1) is 6.44. The Morgan fingerprint density at radius 3 is 2.07 bits per heavy atom. The molecule has 8 nitrogen and oxygen atoms in total. The van der Waals surface area contributed by atoms with E-state index in [2.05, 4.69) is 6.58 Å². The van der Waals surface area contributed by atoms with E-state index in [-0.39, 0.29) is 0 Å². The van der Waals surface area contributed by atoms with Crippen LogP contribution in [0.5, 0.6) is 0 Å². The fourth-order valence-corrected chi connectivity index (χ4v) is 1.15. The number of amides is 1. The van der Waals surface area contributed by atoms with Crippen LogP contribution in [0, 0.1) is 20.2 Å². The van der Waals surface area contributed by atoms with Crippen LogP contribution in [0.4, 0.5) is 0 Å². The number of nitrogens with zero attached hydrogens (tertiary/aromatic N) is 3. The van der Waals surface area contributed by atoms with Crippen molar-refractivity contribution in [1.82, 2.24) is 4.90 Å². The minimum atomic E-state index is -2.22. The van der Waals surface area contributed by atoms with Crippen molar-refractivity contribution >= 4 is 5.91 Å². The molecule has 0 unspecified atom stereocenters. The predicted molar refractivity (Wildman–Crippen MR) is 43.5 cm³/mol. The maximum atomic E-state index is 10.9. The summed E-state index contributed by atoms with van der Waals surface area (Å²) in [4.78, 5) is 30.7. The topological polar surface area (TPSA) is 107 Å². The summed E-state index contributed by atoms with van der Waals surface area (Å²) in [6.45, 7) is 2.17. The number of carbonyl (C=O) groups excluding carboxylic acids is 1. The standard InChI is InChI=1S/C6H7N3O5/c1-2-5(10)7-3-6(4-7,8(11)12)9(13)14/h2H,1,3-4H2. The Balaban J connectivity index is 2.75. The van der Waals surface area contributed by atoms with Gasteiger partial charge in [0.05, 0.1) is 0 Å². The molecule has 1 amide bonds. The molecular weight excluding hydrogens is 194 g/mol. The van der Waals surface area contributed by atoms with Crippen LogP contribution in [0.1, 0.15) is 0 Å². The fraction of sp³-hybridized carbons (Fsp3) is 0.500. The molecule has 0 aromatic carbocycles. The predicted octanol–water partition coefficient (Wildman–Crippen LogP) is -0.736. The molecule has 0 saturated carbocycles. The normalized spacial score (nSPS) is 18.1. The summed E-state index contributed by atoms with van der Waals surface area (Å²) in [7, 11) is 0. The molecule has 0 radical (unpaired) electrons. The molecule has 0 aromatic rings. The summed E-state index contributed by atoms with van der Waals surface area (Å²) in [5.41, 5.74) is -2.22. The molecule has 0 aliphatic carbocycles. The Bertz CT molecular complexity index is 303. The van der Waals surface area contributed by atoms with Gasteiger partial charge in [0.2, 0.25) is 5.91 Å². The van der Waals surface area contributed by atoms with Crippen LogP contribution < -0.4 is 0 Å². The monoisotopic (exact) mass is 201 g/mol. The highest BCUT2D eigenvalue weighted by Crippen LogP contribution is 2.25. The van der Waals surface area contributed by atoms with Gasteiger partial charge in [0.1, 0.15) is 9.85 Å². The summed E-state index contributed by atoms with van der Waals surface area (Å²) in [6.07, 6.45) is 0.962. The van der Waals surface area contributed by atoms with Crippen molar-refractivity contribution in [2.45, 2.75) is 5.66 Å². The largest absolute Gasteiger partial charge is 0.492 e. The van der Waals surface area contributed by atoms with Gasteiger partial charge >= 0.3 is 5.66 Å². The van der Waals surface area contributed by atoms with Crippen LogP contribution in [0.25, 0.3) is 0 Å². The second-order valence-electron chi connectivity index (χ2n) is 2.90. The van der Waals surface area contributed by atoms with Crippen molar-refractivity contribution in [3.63, 3.8) is 0 Å². The molecular formula is C6H7N3O5. The van der Waals surface area contributed by atoms with E-state index in [9.17, 15) is 25.0 Å². The van der Waals surface area contributed by atoms with Gasteiger partial charge in [0.25, 0.3) is 0 Å². The molecule has 1 fully saturated rings. The number of carbonyl (C=O) groups is 1. The molecule has 0 N–H and O–H groups in total. The summed E-state index contributed by atoms with van der Waals surface area (Å²) >= 11 is 0. The Labute approximate surface area is 78.1 Å². The number of hydrogen-bond acceptors (Lipinski definition) is 5. The molecule has 1 saturated heterocycles. The third kappa shape index (κ3) is 1.20. The lowest BCUT2D eigenvalue weighted by Gasteiger charge is -2.35. The highest BCUT2D eigenvalue weighted by Gasteiger charge is 2.67. The number of hydrogen-bond donors (Lipinski definition) is 0. The van der Waals surface area contributed by atoms with Crippen LogP contribution >= 0.6 is 0 Å². The average Bonchev–Trinajstić information content (AvgIpc) is 2.00. The van der Waals surface area contributed by atoms with Gasteiger partial charge in [-0.15, -0.1) is 0 Å². The van der Waals surface area contributed by atoms with E-state index in [1.54, 1.807) is 0 Å². The van der Waals surface area contributed by atoms with Gasteiger partial charge in [-0.1, -0.05) is 6.58 Å². The molecule has 0 bridgehead atoms. The lowest BCUT2D eigenvalue weighted by Crippen LogP contribution is -2.71. The van der Waals surface area contributed by atoms with E-state index in [0.717, 1.165) is 11.0 Å². The maximum Gasteiger partial charge on any atom is 0.492 e. The van der Waals surface area contributed by atoms with E-state index in [4.69, 9.17) is 0 Å². The van der Waals surface area contributed by atoms with Gasteiger partial charge in [-0.05, 0) is 6.08 Å². The quantitative estimate of drug-likeness (QED) is 0.259. The first-order valence-corrected chi connectivity index (χ1v) is 3.64. The van der Waals surface area contributed by atoms with Gasteiger partial charge in [-0.2, -0.15) is 0 Å². The molecule has 14 heavy (non-hydrogen) atoms. The lowest BCUT2D eigenvalue weighted by atomic mass is 10.0. The second kappa shape index (κ2) is 3.05. The van der Waals surface area contributed by atoms with Gasteiger partial charge in [-0.3, -0.25) is 25.0 Å². The van der Waals surface area contributed by atoms with Crippen molar-refractivity contribution in [2.75, 3.05) is 13.1 Å². The smallest absolute Gasteiger partial charge is 0.310 e. The molecule has 1 rings (SSSR count). The molecule has 1 aliphatic heterocycles. The zero-order valence-corrected chi connectivity index (χ0v) is 7.08. The number of likely N-dealkylation sites (tertiary alicyclic amines) is 1. The molecule has 76 valence electrons. The molecule has 0 aromatic heterocycles. The third-order valence-electron chi connectivity index (χ3n) is 2.05. The SMILES string of the molecule is C=CC(=O)N1CC([N+](=O)[O-])([N+](=O)[O-])C1. The Morgan fingerprint density at radius 1 is 1.36 bits per heavy atom. The molecule has 0 atom stereocenters. The Kier molecular flexibility index (Phi) is 2.20. The Morgan fingerprint density at radius 2 is 1.79 bits per heavy atom. The number of rotatable bonds is 3. The Hall–Kier alpha value is -1.99. The first kappa shape index (κ1) is 10.1. The van der Waals surface area contributed by atoms with Gasteiger partial charge in [0, 0.05) is 0 Å². The maximum absolute atomic E-state index is 10.9. The van der Waals surface area contributed by atoms with E-state index in [1.165, 1.54) is 0 Å². The average molecular weight is 201 g/mol. The van der Waals surface area contributed by atoms with E-state index >= 15 is 0 Å². The summed E-state index contributed by atoms with van der Waals surface area (Å²) < 4.78 is 0. The van der Waals surface area contributed by atoms with Crippen LogP contribution in [0.2, 0.25) is 0 Å². The van der Waals surface area contributed by atoms with Crippen LogP contribution in [0.3, 0.4) is 0 Å². The lowest BCUT2D eigenvalue weighted by molar-refractivity contribution is -0.809. The van der Waals surface area contributed by atoms with Crippen LogP contribution in [0.15, 0.2) is 12.7 Å². The molecule has 8 heteroatoms. The van der Waals surface area contributed by atoms with Gasteiger partial charge in [-0.25, -0.2) is 0 Å². The highest BCUT2D eigenvalue weighted by atomic mass is 16.7. The molecule has 0 spiro atoms. The van der Waals surface area contributed by atoms with E-state index < -0.39 is 34.5 Å². The third-order valence-corrected chi connectivity index (χ3v) is 2.05. The van der Waals surface area contributed by atoms with Gasteiger partial charge < -0.3 is 4.90 Å². The summed E-state index contributed by atoms with van der Waals surface area (Å²) in [6, 6.07) is 0. The van der Waals surface area contributed by atoms with Crippen molar-refractivity contribution in [3.8, 4) is 0 Å². The van der Waals surface area contributed by atoms with Crippen molar-refractivity contribution in [2.24, 2.45) is 0 Å². The van der Waals surface area contributed by atoms with Gasteiger partial charge in [0.15, 0.2) is 13.1 Å². The fourth-order valence-electron chi connectivity index (χ4n) is 1.15. The van der Waals surface area contributed by atoms with Crippen molar-refractivity contribution < 1.29 is 14.6 Å². The highest BCUT2D eigenvalue weighted by molar-refractivity contribution is 5.87. The van der Waals surface area contributed by atoms with Crippen molar-refractivity contribution in [1.29, 1.82) is 0 Å². The summed E-state index contributed by atoms with van der Waals surface area (Å²) in [5, 5.41) is 20.8. The zero-order valence-electron chi connectivity index (χ0n) is 7.08. The molecule has 1 aliphatic rings.